The molecule has 0 fully saturated rings. The summed E-state index contributed by atoms with van der Waals surface area (Å²) >= 11 is 0. The van der Waals surface area contributed by atoms with Gasteiger partial charge in [0.2, 0.25) is 0 Å². The topological polar surface area (TPSA) is 51.6 Å². The van der Waals surface area contributed by atoms with Gasteiger partial charge < -0.3 is 0 Å². The van der Waals surface area contributed by atoms with Crippen LogP contribution in [-0.2, 0) is 6.42 Å². The van der Waals surface area contributed by atoms with Crippen LogP contribution in [0.1, 0.15) is 34.6 Å². The molecule has 4 heteroatoms. The van der Waals surface area contributed by atoms with Crippen molar-refractivity contribution in [1.29, 1.82) is 0 Å². The molecule has 13 rings (SSSR count). The van der Waals surface area contributed by atoms with E-state index in [2.05, 4.69) is 248 Å². The molecule has 0 saturated heterocycles. The molecule has 0 saturated carbocycles. The number of hydrogen-bond acceptors (Lipinski definition) is 4. The zero-order valence-electron chi connectivity index (χ0n) is 40.1. The molecular formula is C69H48N4. The molecule has 10 aromatic carbocycles. The smallest absolute Gasteiger partial charge is 0.164 e. The van der Waals surface area contributed by atoms with Crippen molar-refractivity contribution in [2.24, 2.45) is 0 Å². The van der Waals surface area contributed by atoms with E-state index in [4.69, 9.17) is 15.0 Å². The molecule has 1 atom stereocenters. The SMILES string of the molecule is C1=CC(c2cc(-c3cccc(-c4cncc5ccccc45)c3)cc(-c3nc(-c4cccc(Cc5ccccc5)c4)nc(-c4cccc(-c5ccccc5)c4)n3)c2)CC=C1c1cc2ccccc2c2ccccc12. The maximum atomic E-state index is 5.39. The van der Waals surface area contributed by atoms with Gasteiger partial charge in [0.25, 0.3) is 0 Å². The maximum absolute atomic E-state index is 5.39. The van der Waals surface area contributed by atoms with Crippen LogP contribution in [0.2, 0.25) is 0 Å². The number of pyridine rings is 1. The first-order chi connectivity index (χ1) is 36.1. The molecule has 0 aliphatic heterocycles. The van der Waals surface area contributed by atoms with Gasteiger partial charge in [0, 0.05) is 46.0 Å². The number of hydrogen-bond donors (Lipinski definition) is 0. The zero-order valence-corrected chi connectivity index (χ0v) is 40.1. The van der Waals surface area contributed by atoms with Crippen molar-refractivity contribution < 1.29 is 0 Å². The van der Waals surface area contributed by atoms with E-state index < -0.39 is 0 Å². The Hall–Kier alpha value is -9.38. The third kappa shape index (κ3) is 8.81. The molecular weight excluding hydrogens is 885 g/mol. The molecule has 73 heavy (non-hydrogen) atoms. The summed E-state index contributed by atoms with van der Waals surface area (Å²) in [6.45, 7) is 0. The number of aromatic nitrogens is 4. The van der Waals surface area contributed by atoms with Gasteiger partial charge >= 0.3 is 0 Å². The number of rotatable bonds is 10. The van der Waals surface area contributed by atoms with Gasteiger partial charge in [-0.25, -0.2) is 15.0 Å². The van der Waals surface area contributed by atoms with Crippen LogP contribution >= 0.6 is 0 Å². The van der Waals surface area contributed by atoms with Gasteiger partial charge in [-0.1, -0.05) is 212 Å². The third-order valence-corrected chi connectivity index (χ3v) is 14.3. The molecule has 2 heterocycles. The number of nitrogens with zero attached hydrogens (tertiary/aromatic N) is 4. The summed E-state index contributed by atoms with van der Waals surface area (Å²) in [5, 5.41) is 7.35. The van der Waals surface area contributed by atoms with E-state index in [1.54, 1.807) is 0 Å². The van der Waals surface area contributed by atoms with Crippen molar-refractivity contribution in [2.45, 2.75) is 18.8 Å². The minimum atomic E-state index is 0.109. The van der Waals surface area contributed by atoms with E-state index in [9.17, 15) is 0 Å². The normalized spacial score (nSPS) is 13.4. The van der Waals surface area contributed by atoms with Crippen molar-refractivity contribution >= 4 is 37.9 Å². The highest BCUT2D eigenvalue weighted by molar-refractivity contribution is 6.12. The van der Waals surface area contributed by atoms with E-state index in [0.29, 0.717) is 17.5 Å². The fourth-order valence-corrected chi connectivity index (χ4v) is 10.6. The Bertz CT molecular complexity index is 4090. The Morgan fingerprint density at radius 2 is 0.904 bits per heavy atom. The second-order valence-electron chi connectivity index (χ2n) is 19.0. The average molecular weight is 933 g/mol. The molecule has 0 bridgehead atoms. The molecule has 2 aromatic heterocycles. The molecule has 344 valence electrons. The molecule has 0 N–H and O–H groups in total. The van der Waals surface area contributed by atoms with Crippen LogP contribution in [0.3, 0.4) is 0 Å². The maximum Gasteiger partial charge on any atom is 0.164 e. The predicted molar refractivity (Wildman–Crippen MR) is 303 cm³/mol. The summed E-state index contributed by atoms with van der Waals surface area (Å²) in [6, 6.07) is 82.3. The number of allylic oxidation sites excluding steroid dienone is 4. The first-order valence-corrected chi connectivity index (χ1v) is 25.1. The summed E-state index contributed by atoms with van der Waals surface area (Å²) < 4.78 is 0. The molecule has 1 aliphatic carbocycles. The molecule has 4 nitrogen and oxygen atoms in total. The highest BCUT2D eigenvalue weighted by Crippen LogP contribution is 2.40. The van der Waals surface area contributed by atoms with Gasteiger partial charge in [0.05, 0.1) is 0 Å². The van der Waals surface area contributed by atoms with Crippen molar-refractivity contribution in [2.75, 3.05) is 0 Å². The van der Waals surface area contributed by atoms with Crippen LogP contribution in [0.15, 0.2) is 261 Å². The van der Waals surface area contributed by atoms with Gasteiger partial charge in [-0.2, -0.15) is 0 Å². The summed E-state index contributed by atoms with van der Waals surface area (Å²) in [5.74, 6) is 1.98. The van der Waals surface area contributed by atoms with Crippen molar-refractivity contribution in [3.05, 3.63) is 283 Å². The van der Waals surface area contributed by atoms with Gasteiger partial charge in [-0.15, -0.1) is 0 Å². The van der Waals surface area contributed by atoms with E-state index in [1.165, 1.54) is 54.8 Å². The fraction of sp³-hybridized carbons (Fsp3) is 0.0435. The van der Waals surface area contributed by atoms with Crippen LogP contribution < -0.4 is 0 Å². The fourth-order valence-electron chi connectivity index (χ4n) is 10.6. The minimum Gasteiger partial charge on any atom is -0.263 e. The molecule has 0 radical (unpaired) electrons. The van der Waals surface area contributed by atoms with Crippen LogP contribution in [0, 0.1) is 0 Å². The van der Waals surface area contributed by atoms with E-state index in [1.807, 2.05) is 18.5 Å². The summed E-state index contributed by atoms with van der Waals surface area (Å²) in [4.78, 5) is 20.7. The standard InChI is InChI=1S/C69H48N4/c1-3-16-46(17-4-1)36-47-18-13-26-55(37-47)67-71-68(56-27-15-23-51(39-56)48-19-5-2-6-20-48)73-69(72-67)60-41-58(40-59(42-60)52-24-14-25-53(38-52)66-45-70-44-57-22-8-10-29-62(57)66)49-32-34-50(35-33-49)65-43-54-21-7-9-28-61(54)63-30-11-12-31-64(63)65/h1-32,34-35,37-45,49H,33,36H2. The summed E-state index contributed by atoms with van der Waals surface area (Å²) in [7, 11) is 0. The number of fused-ring (bicyclic) bond motifs is 4. The second-order valence-corrected chi connectivity index (χ2v) is 19.0. The lowest BCUT2D eigenvalue weighted by Gasteiger charge is -2.20. The Morgan fingerprint density at radius 3 is 1.67 bits per heavy atom. The molecule has 0 spiro atoms. The Labute approximate surface area is 425 Å². The van der Waals surface area contributed by atoms with Gasteiger partial charge in [0.1, 0.15) is 0 Å². The Morgan fingerprint density at radius 1 is 0.356 bits per heavy atom. The van der Waals surface area contributed by atoms with E-state index >= 15 is 0 Å². The van der Waals surface area contributed by atoms with Crippen molar-refractivity contribution in [3.8, 4) is 67.5 Å². The average Bonchev–Trinajstić information content (AvgIpc) is 3.47. The van der Waals surface area contributed by atoms with Gasteiger partial charge in [-0.3, -0.25) is 4.98 Å². The lowest BCUT2D eigenvalue weighted by molar-refractivity contribution is 0.857. The zero-order chi connectivity index (χ0) is 48.5. The predicted octanol–water partition coefficient (Wildman–Crippen LogP) is 17.4. The molecule has 0 amide bonds. The lowest BCUT2D eigenvalue weighted by atomic mass is 9.84. The molecule has 1 unspecified atom stereocenters. The molecule has 1 aliphatic rings. The Kier molecular flexibility index (Phi) is 11.4. The highest BCUT2D eigenvalue weighted by Gasteiger charge is 2.20. The van der Waals surface area contributed by atoms with Crippen molar-refractivity contribution in [3.63, 3.8) is 0 Å². The second kappa shape index (κ2) is 19.1. The van der Waals surface area contributed by atoms with E-state index in [0.717, 1.165) is 68.3 Å². The number of benzene rings is 10. The summed E-state index contributed by atoms with van der Waals surface area (Å²) in [5.41, 5.74) is 15.6. The van der Waals surface area contributed by atoms with Crippen LogP contribution in [0.4, 0.5) is 0 Å². The monoisotopic (exact) mass is 932 g/mol. The minimum absolute atomic E-state index is 0.109. The third-order valence-electron chi connectivity index (χ3n) is 14.3. The van der Waals surface area contributed by atoms with Crippen LogP contribution in [0.25, 0.3) is 105 Å². The Balaban J connectivity index is 0.959. The first kappa shape index (κ1) is 43.6. The van der Waals surface area contributed by atoms with Gasteiger partial charge in [-0.05, 0) is 132 Å². The summed E-state index contributed by atoms with van der Waals surface area (Å²) in [6.07, 6.45) is 12.7. The van der Waals surface area contributed by atoms with Gasteiger partial charge in [0.15, 0.2) is 17.5 Å². The van der Waals surface area contributed by atoms with E-state index in [-0.39, 0.29) is 5.92 Å². The lowest BCUT2D eigenvalue weighted by Crippen LogP contribution is -2.03. The quantitative estimate of drug-likeness (QED) is 0.128. The highest BCUT2D eigenvalue weighted by atomic mass is 15.0. The van der Waals surface area contributed by atoms with Crippen LogP contribution in [-0.4, -0.2) is 19.9 Å². The largest absolute Gasteiger partial charge is 0.263 e. The van der Waals surface area contributed by atoms with Crippen molar-refractivity contribution in [1.82, 2.24) is 19.9 Å². The molecule has 12 aromatic rings. The first-order valence-electron chi connectivity index (χ1n) is 25.1. The van der Waals surface area contributed by atoms with Crippen LogP contribution in [0.5, 0.6) is 0 Å².